The van der Waals surface area contributed by atoms with E-state index in [0.29, 0.717) is 7.29 Å². The molecule has 0 aliphatic heterocycles. The Hall–Kier alpha value is 1.01. The molecule has 0 bridgehead atoms. The Morgan fingerprint density at radius 2 is 1.33 bits per heavy atom. The molecule has 3 heteroatoms. The third-order valence-corrected chi connectivity index (χ3v) is 0. The molecule has 39 valence electrons. The lowest BCUT2D eigenvalue weighted by Crippen LogP contribution is -1.27. The molecule has 0 unspecified atom stereocenters. The van der Waals surface area contributed by atoms with Crippen LogP contribution in [-0.2, 0) is 0 Å². The third kappa shape index (κ3) is 79.0. The lowest BCUT2D eigenvalue weighted by Gasteiger charge is -1.48. The number of hydrogen-bond acceptors (Lipinski definition) is 0. The van der Waals surface area contributed by atoms with Gasteiger partial charge in [-0.2, -0.15) is 0 Å². The Bertz CT molecular complexity index is 10.8. The van der Waals surface area contributed by atoms with Gasteiger partial charge in [-0.05, 0) is 0 Å². The number of hydrogen-bond donors (Lipinski definition) is 0. The zero-order valence-corrected chi connectivity index (χ0v) is 6.32. The standard InChI is InChI=1S/C3H8.Cl2P/c2*1-3-2/h3H2,1-2H3;. The van der Waals surface area contributed by atoms with Crippen LogP contribution in [0, 0.1) is 0 Å². The van der Waals surface area contributed by atoms with Crippen molar-refractivity contribution in [2.75, 3.05) is 0 Å². The first-order chi connectivity index (χ1) is 2.83. The Labute approximate surface area is 50.6 Å². The maximum absolute atomic E-state index is 4.74. The first kappa shape index (κ1) is 10.1. The molecular formula is C3H8Cl2P. The summed E-state index contributed by atoms with van der Waals surface area (Å²) in [6.45, 7) is 4.25. The molecule has 0 spiro atoms. The van der Waals surface area contributed by atoms with E-state index in [0.717, 1.165) is 0 Å². The van der Waals surface area contributed by atoms with Gasteiger partial charge in [0.1, 0.15) is 7.29 Å². The van der Waals surface area contributed by atoms with Crippen LogP contribution in [0.1, 0.15) is 20.3 Å². The van der Waals surface area contributed by atoms with Crippen molar-refractivity contribution in [1.29, 1.82) is 0 Å². The smallest absolute Gasteiger partial charge is 0.0704 e. The largest absolute Gasteiger partial charge is 0.141 e. The molecule has 0 nitrogen and oxygen atoms in total. The van der Waals surface area contributed by atoms with Gasteiger partial charge in [0.25, 0.3) is 0 Å². The third-order valence-electron chi connectivity index (χ3n) is 0. The molecule has 0 aromatic heterocycles. The van der Waals surface area contributed by atoms with Gasteiger partial charge in [0, 0.05) is 0 Å². The zero-order chi connectivity index (χ0) is 5.41. The van der Waals surface area contributed by atoms with E-state index in [1.165, 1.54) is 6.42 Å². The number of halogens is 2. The fraction of sp³-hybridized carbons (Fsp3) is 1.00. The van der Waals surface area contributed by atoms with Crippen LogP contribution in [0.4, 0.5) is 0 Å². The molecule has 0 N–H and O–H groups in total. The van der Waals surface area contributed by atoms with Crippen LogP contribution >= 0.6 is 29.8 Å². The van der Waals surface area contributed by atoms with E-state index in [9.17, 15) is 0 Å². The van der Waals surface area contributed by atoms with Crippen molar-refractivity contribution in [2.45, 2.75) is 20.3 Å². The summed E-state index contributed by atoms with van der Waals surface area (Å²) in [4.78, 5) is 0. The van der Waals surface area contributed by atoms with Crippen molar-refractivity contribution in [2.24, 2.45) is 0 Å². The van der Waals surface area contributed by atoms with Crippen molar-refractivity contribution in [3.63, 3.8) is 0 Å². The quantitative estimate of drug-likeness (QED) is 0.457. The molecule has 0 aliphatic carbocycles. The predicted molar refractivity (Wildman–Crippen MR) is 34.6 cm³/mol. The van der Waals surface area contributed by atoms with Gasteiger partial charge in [-0.15, -0.1) is 0 Å². The predicted octanol–water partition coefficient (Wildman–Crippen LogP) is 3.66. The normalized spacial score (nSPS) is 6.00. The summed E-state index contributed by atoms with van der Waals surface area (Å²) in [5.41, 5.74) is 0. The number of rotatable bonds is 0. The van der Waals surface area contributed by atoms with Gasteiger partial charge in [0.05, 0.1) is 0 Å². The van der Waals surface area contributed by atoms with Gasteiger partial charge in [0.15, 0.2) is 0 Å². The molecule has 0 atom stereocenters. The summed E-state index contributed by atoms with van der Waals surface area (Å²) in [6, 6.07) is 0. The van der Waals surface area contributed by atoms with Crippen LogP contribution in [-0.4, -0.2) is 0 Å². The maximum atomic E-state index is 4.74. The van der Waals surface area contributed by atoms with Crippen molar-refractivity contribution in [3.05, 3.63) is 0 Å². The molecule has 0 aliphatic rings. The van der Waals surface area contributed by atoms with Gasteiger partial charge in [-0.25, -0.2) is 0 Å². The van der Waals surface area contributed by atoms with E-state index in [1.54, 1.807) is 0 Å². The van der Waals surface area contributed by atoms with E-state index >= 15 is 0 Å². The second-order valence-electron chi connectivity index (χ2n) is 0.771. The molecular weight excluding hydrogens is 138 g/mol. The Morgan fingerprint density at radius 1 is 1.33 bits per heavy atom. The average Bonchev–Trinajstić information content (AvgIpc) is 1.39. The van der Waals surface area contributed by atoms with Crippen LogP contribution in [0.15, 0.2) is 0 Å². The summed E-state index contributed by atoms with van der Waals surface area (Å²) in [5.74, 6) is 0. The minimum Gasteiger partial charge on any atom is -0.0704 e. The molecule has 0 rings (SSSR count). The Kier molecular flexibility index (Phi) is 28.0. The van der Waals surface area contributed by atoms with Gasteiger partial charge in [-0.1, -0.05) is 42.7 Å². The first-order valence-electron chi connectivity index (χ1n) is 1.75. The Morgan fingerprint density at radius 3 is 1.33 bits per heavy atom. The summed E-state index contributed by atoms with van der Waals surface area (Å²) in [6.07, 6.45) is 1.25. The van der Waals surface area contributed by atoms with Gasteiger partial charge in [-0.3, -0.25) is 0 Å². The molecule has 0 saturated carbocycles. The fourth-order valence-electron chi connectivity index (χ4n) is 0. The average molecular weight is 146 g/mol. The summed E-state index contributed by atoms with van der Waals surface area (Å²) >= 11 is 9.47. The van der Waals surface area contributed by atoms with E-state index in [4.69, 9.17) is 22.5 Å². The summed E-state index contributed by atoms with van der Waals surface area (Å²) in [7, 11) is 0.361. The molecule has 6 heavy (non-hydrogen) atoms. The minimum absolute atomic E-state index is 0.361. The van der Waals surface area contributed by atoms with Crippen molar-refractivity contribution in [1.82, 2.24) is 0 Å². The van der Waals surface area contributed by atoms with E-state index in [-0.39, 0.29) is 0 Å². The highest BCUT2D eigenvalue weighted by atomic mass is 35.9. The molecule has 0 aromatic carbocycles. The summed E-state index contributed by atoms with van der Waals surface area (Å²) in [5, 5.41) is 0. The van der Waals surface area contributed by atoms with E-state index in [2.05, 4.69) is 13.8 Å². The van der Waals surface area contributed by atoms with Crippen LogP contribution in [0.5, 0.6) is 0 Å². The van der Waals surface area contributed by atoms with Gasteiger partial charge < -0.3 is 0 Å². The highest BCUT2D eigenvalue weighted by Gasteiger charge is 1.45. The zero-order valence-electron chi connectivity index (χ0n) is 3.91. The monoisotopic (exact) mass is 145 g/mol. The van der Waals surface area contributed by atoms with E-state index < -0.39 is 0 Å². The van der Waals surface area contributed by atoms with Gasteiger partial charge in [0.2, 0.25) is 0 Å². The summed E-state index contributed by atoms with van der Waals surface area (Å²) < 4.78 is 0. The lowest BCUT2D eigenvalue weighted by molar-refractivity contribution is 1.09. The molecule has 0 heterocycles. The molecule has 1 radical (unpaired) electrons. The topological polar surface area (TPSA) is 0 Å². The fourth-order valence-corrected chi connectivity index (χ4v) is 0. The van der Waals surface area contributed by atoms with Gasteiger partial charge >= 0.3 is 0 Å². The first-order valence-corrected chi connectivity index (χ1v) is 4.46. The van der Waals surface area contributed by atoms with Crippen LogP contribution in [0.3, 0.4) is 0 Å². The molecule has 0 saturated heterocycles. The lowest BCUT2D eigenvalue weighted by atomic mass is 10.6. The van der Waals surface area contributed by atoms with Crippen molar-refractivity contribution in [3.8, 4) is 0 Å². The molecule has 0 aromatic rings. The van der Waals surface area contributed by atoms with Crippen LogP contribution in [0.25, 0.3) is 0 Å². The second-order valence-corrected chi connectivity index (χ2v) is 2.43. The highest BCUT2D eigenvalue weighted by Crippen LogP contribution is 2.19. The van der Waals surface area contributed by atoms with E-state index in [1.807, 2.05) is 0 Å². The Balaban J connectivity index is 0. The maximum Gasteiger partial charge on any atom is 0.141 e. The van der Waals surface area contributed by atoms with Crippen molar-refractivity contribution < 1.29 is 0 Å². The SMILES string of the molecule is CCC.Cl[P]Cl. The molecule has 0 amide bonds. The highest BCUT2D eigenvalue weighted by molar-refractivity contribution is 7.90. The van der Waals surface area contributed by atoms with Crippen LogP contribution < -0.4 is 0 Å². The second kappa shape index (κ2) is 16.7. The molecule has 0 fully saturated rings. The minimum atomic E-state index is 0.361. The van der Waals surface area contributed by atoms with Crippen LogP contribution in [0.2, 0.25) is 0 Å². The van der Waals surface area contributed by atoms with Crippen molar-refractivity contribution >= 4 is 29.8 Å².